The minimum atomic E-state index is 0.0512. The highest BCUT2D eigenvalue weighted by Crippen LogP contribution is 2.59. The second-order valence-electron chi connectivity index (χ2n) is 9.66. The quantitative estimate of drug-likeness (QED) is 0.615. The van der Waals surface area contributed by atoms with E-state index >= 15 is 0 Å². The van der Waals surface area contributed by atoms with Gasteiger partial charge < -0.3 is 10.2 Å². The van der Waals surface area contributed by atoms with E-state index in [4.69, 9.17) is 0 Å². The molecule has 7 nitrogen and oxygen atoms in total. The van der Waals surface area contributed by atoms with Gasteiger partial charge in [0.2, 0.25) is 5.91 Å². The Morgan fingerprint density at radius 1 is 1.09 bits per heavy atom. The molecule has 1 saturated heterocycles. The van der Waals surface area contributed by atoms with Crippen molar-refractivity contribution < 1.29 is 9.59 Å². The van der Waals surface area contributed by atoms with Crippen LogP contribution in [0.5, 0.6) is 0 Å². The van der Waals surface area contributed by atoms with E-state index in [0.717, 1.165) is 48.5 Å². The van der Waals surface area contributed by atoms with Crippen molar-refractivity contribution in [2.75, 3.05) is 19.6 Å². The maximum atomic E-state index is 13.2. The lowest BCUT2D eigenvalue weighted by atomic mass is 9.90. The van der Waals surface area contributed by atoms with E-state index in [1.807, 2.05) is 72.0 Å². The number of likely N-dealkylation sites (tertiary alicyclic amines) is 1. The number of benzene rings is 1. The predicted octanol–water partition coefficient (Wildman–Crippen LogP) is 3.49. The standard InChI is InChI=1S/C27H31N5O2/c1-19-16-20(2)32(30-19)23-8-5-6-21(17-23)26(34)31-14-10-27(11-15-31)18-24(27)25(33)29-13-9-22-7-3-4-12-28-22/h3-8,12,16-17,24H,9-11,13-15,18H2,1-2H3,(H,29,33). The number of pyridine rings is 1. The molecular weight excluding hydrogens is 426 g/mol. The summed E-state index contributed by atoms with van der Waals surface area (Å²) in [5.74, 6) is 0.270. The molecule has 1 unspecified atom stereocenters. The zero-order valence-corrected chi connectivity index (χ0v) is 19.8. The summed E-state index contributed by atoms with van der Waals surface area (Å²) < 4.78 is 1.87. The molecular formula is C27H31N5O2. The van der Waals surface area contributed by atoms with Crippen molar-refractivity contribution in [3.63, 3.8) is 0 Å². The first-order valence-corrected chi connectivity index (χ1v) is 12.1. The molecule has 1 spiro atoms. The lowest BCUT2D eigenvalue weighted by Gasteiger charge is -2.33. The first-order valence-electron chi connectivity index (χ1n) is 12.1. The summed E-state index contributed by atoms with van der Waals surface area (Å²) in [6.07, 6.45) is 5.21. The van der Waals surface area contributed by atoms with Crippen LogP contribution in [0.15, 0.2) is 54.7 Å². The van der Waals surface area contributed by atoms with Crippen LogP contribution in [-0.2, 0) is 11.2 Å². The Balaban J connectivity index is 1.14. The van der Waals surface area contributed by atoms with Gasteiger partial charge in [-0.2, -0.15) is 5.10 Å². The minimum absolute atomic E-state index is 0.0512. The molecule has 176 valence electrons. The van der Waals surface area contributed by atoms with Crippen molar-refractivity contribution in [2.45, 2.75) is 39.5 Å². The third-order valence-electron chi connectivity index (χ3n) is 7.31. The summed E-state index contributed by atoms with van der Waals surface area (Å²) in [5.41, 5.74) is 4.63. The van der Waals surface area contributed by atoms with Crippen LogP contribution in [0.4, 0.5) is 0 Å². The first-order chi connectivity index (χ1) is 16.4. The second-order valence-corrected chi connectivity index (χ2v) is 9.66. The van der Waals surface area contributed by atoms with Gasteiger partial charge in [0.25, 0.3) is 5.91 Å². The van der Waals surface area contributed by atoms with E-state index in [0.29, 0.717) is 25.2 Å². The molecule has 2 aromatic heterocycles. The molecule has 34 heavy (non-hydrogen) atoms. The van der Waals surface area contributed by atoms with Crippen LogP contribution in [0.1, 0.15) is 46.7 Å². The fraction of sp³-hybridized carbons (Fsp3) is 0.407. The number of aryl methyl sites for hydroxylation is 2. The summed E-state index contributed by atoms with van der Waals surface area (Å²) >= 11 is 0. The van der Waals surface area contributed by atoms with E-state index in [9.17, 15) is 9.59 Å². The molecule has 1 aliphatic carbocycles. The monoisotopic (exact) mass is 457 g/mol. The minimum Gasteiger partial charge on any atom is -0.355 e. The molecule has 1 aliphatic heterocycles. The summed E-state index contributed by atoms with van der Waals surface area (Å²) in [5, 5.41) is 7.62. The Morgan fingerprint density at radius 3 is 2.62 bits per heavy atom. The zero-order chi connectivity index (χ0) is 23.7. The first kappa shape index (κ1) is 22.3. The number of nitrogens with one attached hydrogen (secondary N) is 1. The van der Waals surface area contributed by atoms with Crippen molar-refractivity contribution in [2.24, 2.45) is 11.3 Å². The smallest absolute Gasteiger partial charge is 0.253 e. The van der Waals surface area contributed by atoms with Crippen LogP contribution >= 0.6 is 0 Å². The van der Waals surface area contributed by atoms with Crippen LogP contribution in [0.2, 0.25) is 0 Å². The molecule has 2 fully saturated rings. The van der Waals surface area contributed by atoms with E-state index in [-0.39, 0.29) is 23.1 Å². The average Bonchev–Trinajstić information content (AvgIpc) is 3.44. The number of amides is 2. The fourth-order valence-corrected chi connectivity index (χ4v) is 5.25. The highest BCUT2D eigenvalue weighted by molar-refractivity contribution is 5.95. The fourth-order valence-electron chi connectivity index (χ4n) is 5.25. The number of carbonyl (C=O) groups excluding carboxylic acids is 2. The highest BCUT2D eigenvalue weighted by atomic mass is 16.2. The Morgan fingerprint density at radius 2 is 1.91 bits per heavy atom. The number of rotatable bonds is 6. The third-order valence-corrected chi connectivity index (χ3v) is 7.31. The van der Waals surface area contributed by atoms with Crippen LogP contribution in [0, 0.1) is 25.2 Å². The Bertz CT molecular complexity index is 1190. The van der Waals surface area contributed by atoms with Crippen molar-refractivity contribution in [1.82, 2.24) is 25.0 Å². The largest absolute Gasteiger partial charge is 0.355 e. The third kappa shape index (κ3) is 4.47. The van der Waals surface area contributed by atoms with Crippen molar-refractivity contribution >= 4 is 11.8 Å². The Labute approximate surface area is 200 Å². The van der Waals surface area contributed by atoms with Crippen molar-refractivity contribution in [3.8, 4) is 5.69 Å². The molecule has 3 heterocycles. The Kier molecular flexibility index (Phi) is 5.94. The highest BCUT2D eigenvalue weighted by Gasteiger charge is 2.58. The predicted molar refractivity (Wildman–Crippen MR) is 130 cm³/mol. The molecule has 1 saturated carbocycles. The lowest BCUT2D eigenvalue weighted by molar-refractivity contribution is -0.123. The van der Waals surface area contributed by atoms with Gasteiger partial charge >= 0.3 is 0 Å². The summed E-state index contributed by atoms with van der Waals surface area (Å²) in [7, 11) is 0. The number of hydrogen-bond donors (Lipinski definition) is 1. The molecule has 3 aromatic rings. The molecule has 5 rings (SSSR count). The normalized spacial score (nSPS) is 18.6. The van der Waals surface area contributed by atoms with Crippen LogP contribution in [0.3, 0.4) is 0 Å². The molecule has 1 N–H and O–H groups in total. The number of piperidine rings is 1. The van der Waals surface area contributed by atoms with Crippen LogP contribution < -0.4 is 5.32 Å². The molecule has 7 heteroatoms. The summed E-state index contributed by atoms with van der Waals surface area (Å²) in [6.45, 7) is 5.98. The average molecular weight is 458 g/mol. The van der Waals surface area contributed by atoms with E-state index in [1.54, 1.807) is 6.20 Å². The SMILES string of the molecule is Cc1cc(C)n(-c2cccc(C(=O)N3CCC4(CC3)CC4C(=O)NCCc3ccccn3)c2)n1. The van der Waals surface area contributed by atoms with Gasteiger partial charge in [0.1, 0.15) is 0 Å². The van der Waals surface area contributed by atoms with Gasteiger partial charge in [-0.15, -0.1) is 0 Å². The lowest BCUT2D eigenvalue weighted by Crippen LogP contribution is -2.40. The molecule has 1 aromatic carbocycles. The number of hydrogen-bond acceptors (Lipinski definition) is 4. The maximum absolute atomic E-state index is 13.2. The summed E-state index contributed by atoms with van der Waals surface area (Å²) in [4.78, 5) is 32.1. The number of nitrogens with zero attached hydrogens (tertiary/aromatic N) is 4. The number of aromatic nitrogens is 3. The molecule has 0 bridgehead atoms. The number of carbonyl (C=O) groups is 2. The van der Waals surface area contributed by atoms with Gasteiger partial charge in [0.15, 0.2) is 0 Å². The van der Waals surface area contributed by atoms with E-state index in [2.05, 4.69) is 15.4 Å². The zero-order valence-electron chi connectivity index (χ0n) is 19.8. The van der Waals surface area contributed by atoms with Gasteiger partial charge in [-0.1, -0.05) is 12.1 Å². The molecule has 2 amide bonds. The molecule has 1 atom stereocenters. The second kappa shape index (κ2) is 9.05. The molecule has 0 radical (unpaired) electrons. The van der Waals surface area contributed by atoms with E-state index in [1.165, 1.54) is 0 Å². The van der Waals surface area contributed by atoms with Gasteiger partial charge in [0, 0.05) is 55.1 Å². The topological polar surface area (TPSA) is 80.1 Å². The summed E-state index contributed by atoms with van der Waals surface area (Å²) in [6, 6.07) is 15.5. The molecule has 2 aliphatic rings. The van der Waals surface area contributed by atoms with Crippen LogP contribution in [-0.4, -0.2) is 51.1 Å². The van der Waals surface area contributed by atoms with Gasteiger partial charge in [0.05, 0.1) is 11.4 Å². The van der Waals surface area contributed by atoms with Crippen molar-refractivity contribution in [3.05, 3.63) is 77.4 Å². The maximum Gasteiger partial charge on any atom is 0.253 e. The Hall–Kier alpha value is -3.48. The van der Waals surface area contributed by atoms with Crippen LogP contribution in [0.25, 0.3) is 5.69 Å². The van der Waals surface area contributed by atoms with Gasteiger partial charge in [-0.05, 0) is 74.9 Å². The van der Waals surface area contributed by atoms with Crippen molar-refractivity contribution in [1.29, 1.82) is 0 Å². The van der Waals surface area contributed by atoms with Gasteiger partial charge in [-0.25, -0.2) is 4.68 Å². The van der Waals surface area contributed by atoms with Gasteiger partial charge in [-0.3, -0.25) is 14.6 Å². The van der Waals surface area contributed by atoms with E-state index < -0.39 is 0 Å².